The zero-order valence-corrected chi connectivity index (χ0v) is 14.3. The van der Waals surface area contributed by atoms with Crippen LogP contribution < -0.4 is 14.8 Å². The minimum atomic E-state index is 0.0707. The zero-order valence-electron chi connectivity index (χ0n) is 14.3. The number of rotatable bonds is 9. The summed E-state index contributed by atoms with van der Waals surface area (Å²) in [6.07, 6.45) is 2.28. The van der Waals surface area contributed by atoms with Crippen molar-refractivity contribution in [3.8, 4) is 11.5 Å². The van der Waals surface area contributed by atoms with Crippen LogP contribution in [0.2, 0.25) is 0 Å². The molecular formula is C20H27NO2. The van der Waals surface area contributed by atoms with Crippen molar-refractivity contribution in [2.24, 2.45) is 0 Å². The van der Waals surface area contributed by atoms with E-state index in [1.165, 1.54) is 5.56 Å². The molecule has 124 valence electrons. The highest BCUT2D eigenvalue weighted by Gasteiger charge is 2.07. The van der Waals surface area contributed by atoms with Gasteiger partial charge in [-0.15, -0.1) is 0 Å². The fraction of sp³-hybridized carbons (Fsp3) is 0.400. The van der Waals surface area contributed by atoms with E-state index < -0.39 is 0 Å². The summed E-state index contributed by atoms with van der Waals surface area (Å²) in [7, 11) is 0. The maximum Gasteiger partial charge on any atom is 0.142 e. The average Bonchev–Trinajstić information content (AvgIpc) is 2.56. The molecule has 0 fully saturated rings. The van der Waals surface area contributed by atoms with Crippen molar-refractivity contribution < 1.29 is 9.47 Å². The number of hydrogen-bond acceptors (Lipinski definition) is 3. The molecule has 0 aliphatic carbocycles. The van der Waals surface area contributed by atoms with Gasteiger partial charge in [-0.3, -0.25) is 0 Å². The third-order valence-corrected chi connectivity index (χ3v) is 3.58. The number of para-hydroxylation sites is 2. The zero-order chi connectivity index (χ0) is 16.5. The maximum absolute atomic E-state index is 5.93. The van der Waals surface area contributed by atoms with Crippen LogP contribution in [-0.2, 0) is 0 Å². The molecule has 2 aromatic rings. The number of unbranched alkanes of at least 4 members (excludes halogenated alkanes) is 1. The fourth-order valence-electron chi connectivity index (χ4n) is 2.21. The van der Waals surface area contributed by atoms with Crippen molar-refractivity contribution in [2.75, 3.05) is 18.5 Å². The first kappa shape index (κ1) is 17.2. The lowest BCUT2D eigenvalue weighted by atomic mass is 10.2. The first-order valence-electron chi connectivity index (χ1n) is 8.38. The number of ether oxygens (including phenoxy) is 2. The molecule has 1 atom stereocenters. The van der Waals surface area contributed by atoms with Gasteiger partial charge in [0.15, 0.2) is 0 Å². The van der Waals surface area contributed by atoms with Gasteiger partial charge < -0.3 is 14.8 Å². The molecule has 2 aromatic carbocycles. The summed E-state index contributed by atoms with van der Waals surface area (Å²) >= 11 is 0. The second-order valence-electron chi connectivity index (χ2n) is 5.82. The van der Waals surface area contributed by atoms with Crippen molar-refractivity contribution in [2.45, 2.75) is 39.7 Å². The summed E-state index contributed by atoms with van der Waals surface area (Å²) in [5.41, 5.74) is 2.25. The first-order valence-corrected chi connectivity index (χ1v) is 8.38. The summed E-state index contributed by atoms with van der Waals surface area (Å²) < 4.78 is 11.8. The molecule has 0 aromatic heterocycles. The van der Waals surface area contributed by atoms with E-state index in [0.29, 0.717) is 0 Å². The van der Waals surface area contributed by atoms with Crippen LogP contribution >= 0.6 is 0 Å². The molecule has 0 saturated carbocycles. The largest absolute Gasteiger partial charge is 0.491 e. The van der Waals surface area contributed by atoms with Crippen molar-refractivity contribution in [3.63, 3.8) is 0 Å². The molecule has 0 heterocycles. The normalized spacial score (nSPS) is 11.8. The molecule has 3 heteroatoms. The van der Waals surface area contributed by atoms with Crippen LogP contribution in [-0.4, -0.2) is 19.3 Å². The molecule has 1 unspecified atom stereocenters. The predicted molar refractivity (Wildman–Crippen MR) is 96.6 cm³/mol. The Hall–Kier alpha value is -2.16. The summed E-state index contributed by atoms with van der Waals surface area (Å²) in [4.78, 5) is 0. The van der Waals surface area contributed by atoms with E-state index in [1.54, 1.807) is 0 Å². The van der Waals surface area contributed by atoms with E-state index >= 15 is 0 Å². The highest BCUT2D eigenvalue weighted by Crippen LogP contribution is 2.24. The van der Waals surface area contributed by atoms with Gasteiger partial charge in [0.2, 0.25) is 0 Å². The molecule has 23 heavy (non-hydrogen) atoms. The second-order valence-corrected chi connectivity index (χ2v) is 5.82. The Balaban J connectivity index is 1.86. The van der Waals surface area contributed by atoms with Gasteiger partial charge in [0.1, 0.15) is 17.6 Å². The lowest BCUT2D eigenvalue weighted by molar-refractivity contribution is 0.234. The van der Waals surface area contributed by atoms with Crippen molar-refractivity contribution in [1.82, 2.24) is 0 Å². The lowest BCUT2D eigenvalue weighted by Crippen LogP contribution is -2.23. The van der Waals surface area contributed by atoms with E-state index in [0.717, 1.165) is 43.2 Å². The van der Waals surface area contributed by atoms with Crippen LogP contribution in [0.5, 0.6) is 11.5 Å². The SMILES string of the molecule is CCCCOc1ccccc1NCC(C)Oc1ccc(C)cc1. The molecule has 0 spiro atoms. The summed E-state index contributed by atoms with van der Waals surface area (Å²) in [6.45, 7) is 7.78. The lowest BCUT2D eigenvalue weighted by Gasteiger charge is -2.18. The minimum Gasteiger partial charge on any atom is -0.491 e. The van der Waals surface area contributed by atoms with Crippen LogP contribution in [0, 0.1) is 6.92 Å². The third-order valence-electron chi connectivity index (χ3n) is 3.58. The van der Waals surface area contributed by atoms with Crippen molar-refractivity contribution in [1.29, 1.82) is 0 Å². The first-order chi connectivity index (χ1) is 11.2. The number of aryl methyl sites for hydroxylation is 1. The summed E-state index contributed by atoms with van der Waals surface area (Å²) in [5, 5.41) is 3.42. The molecular weight excluding hydrogens is 286 g/mol. The van der Waals surface area contributed by atoms with Crippen LogP contribution in [0.1, 0.15) is 32.3 Å². The number of hydrogen-bond donors (Lipinski definition) is 1. The Bertz CT molecular complexity index is 580. The van der Waals surface area contributed by atoms with Gasteiger partial charge in [-0.25, -0.2) is 0 Å². The number of anilines is 1. The predicted octanol–water partition coefficient (Wildman–Crippen LogP) is 5.05. The topological polar surface area (TPSA) is 30.5 Å². The van der Waals surface area contributed by atoms with Gasteiger partial charge in [-0.05, 0) is 44.5 Å². The number of nitrogens with one attached hydrogen (secondary N) is 1. The van der Waals surface area contributed by atoms with Gasteiger partial charge in [0, 0.05) is 0 Å². The van der Waals surface area contributed by atoms with E-state index in [9.17, 15) is 0 Å². The Morgan fingerprint density at radius 1 is 1.04 bits per heavy atom. The molecule has 0 aliphatic rings. The van der Waals surface area contributed by atoms with Gasteiger partial charge in [0.05, 0.1) is 18.8 Å². The maximum atomic E-state index is 5.93. The Morgan fingerprint density at radius 3 is 2.52 bits per heavy atom. The molecule has 0 aliphatic heterocycles. The molecule has 3 nitrogen and oxygen atoms in total. The van der Waals surface area contributed by atoms with Gasteiger partial charge in [0.25, 0.3) is 0 Å². The third kappa shape index (κ3) is 5.85. The molecule has 0 saturated heterocycles. The Morgan fingerprint density at radius 2 is 1.78 bits per heavy atom. The fourth-order valence-corrected chi connectivity index (χ4v) is 2.21. The van der Waals surface area contributed by atoms with Gasteiger partial charge >= 0.3 is 0 Å². The summed E-state index contributed by atoms with van der Waals surface area (Å²) in [6, 6.07) is 16.2. The highest BCUT2D eigenvalue weighted by atomic mass is 16.5. The quantitative estimate of drug-likeness (QED) is 0.657. The smallest absolute Gasteiger partial charge is 0.142 e. The van der Waals surface area contributed by atoms with Crippen LogP contribution in [0.25, 0.3) is 0 Å². The average molecular weight is 313 g/mol. The molecule has 0 amide bonds. The highest BCUT2D eigenvalue weighted by molar-refractivity contribution is 5.56. The minimum absolute atomic E-state index is 0.0707. The molecule has 0 radical (unpaired) electrons. The van der Waals surface area contributed by atoms with E-state index in [4.69, 9.17) is 9.47 Å². The Labute approximate surface area is 139 Å². The van der Waals surface area contributed by atoms with Gasteiger partial charge in [-0.2, -0.15) is 0 Å². The standard InChI is InChI=1S/C20H27NO2/c1-4-5-14-22-20-9-7-6-8-19(20)21-15-17(3)23-18-12-10-16(2)11-13-18/h6-13,17,21H,4-5,14-15H2,1-3H3. The molecule has 0 bridgehead atoms. The van der Waals surface area contributed by atoms with E-state index in [-0.39, 0.29) is 6.10 Å². The molecule has 1 N–H and O–H groups in total. The second kappa shape index (κ2) is 9.09. The van der Waals surface area contributed by atoms with Crippen molar-refractivity contribution >= 4 is 5.69 Å². The van der Waals surface area contributed by atoms with Crippen molar-refractivity contribution in [3.05, 3.63) is 54.1 Å². The monoisotopic (exact) mass is 313 g/mol. The van der Waals surface area contributed by atoms with E-state index in [2.05, 4.69) is 38.2 Å². The van der Waals surface area contributed by atoms with E-state index in [1.807, 2.05) is 36.4 Å². The number of benzene rings is 2. The Kier molecular flexibility index (Phi) is 6.79. The van der Waals surface area contributed by atoms with Crippen LogP contribution in [0.4, 0.5) is 5.69 Å². The van der Waals surface area contributed by atoms with Crippen LogP contribution in [0.3, 0.4) is 0 Å². The summed E-state index contributed by atoms with van der Waals surface area (Å²) in [5.74, 6) is 1.81. The van der Waals surface area contributed by atoms with Gasteiger partial charge in [-0.1, -0.05) is 43.2 Å². The van der Waals surface area contributed by atoms with Crippen LogP contribution in [0.15, 0.2) is 48.5 Å². The molecule has 2 rings (SSSR count).